The highest BCUT2D eigenvalue weighted by Gasteiger charge is 2.10. The fraction of sp³-hybridized carbons (Fsp3) is 0.583. The van der Waals surface area contributed by atoms with E-state index in [2.05, 4.69) is 4.98 Å². The van der Waals surface area contributed by atoms with Crippen LogP contribution in [0.1, 0.15) is 25.0 Å². The lowest BCUT2D eigenvalue weighted by molar-refractivity contribution is 0.00476. The molecule has 1 heterocycles. The number of halogens is 2. The predicted octanol–water partition coefficient (Wildman–Crippen LogP) is 2.19. The van der Waals surface area contributed by atoms with Gasteiger partial charge in [0.05, 0.1) is 18.9 Å². The molecule has 1 aromatic rings. The maximum Gasteiger partial charge on any atom is 0.261 e. The van der Waals surface area contributed by atoms with Crippen molar-refractivity contribution in [3.05, 3.63) is 24.0 Å². The van der Waals surface area contributed by atoms with Gasteiger partial charge in [0.2, 0.25) is 0 Å². The molecule has 0 aliphatic heterocycles. The van der Waals surface area contributed by atoms with Crippen LogP contribution in [0.2, 0.25) is 0 Å². The van der Waals surface area contributed by atoms with E-state index in [1.54, 1.807) is 12.3 Å². The summed E-state index contributed by atoms with van der Waals surface area (Å²) in [6.45, 7) is 1.83. The Labute approximate surface area is 105 Å². The van der Waals surface area contributed by atoms with Gasteiger partial charge in [0.25, 0.3) is 6.43 Å². The Morgan fingerprint density at radius 3 is 2.83 bits per heavy atom. The van der Waals surface area contributed by atoms with E-state index >= 15 is 0 Å². The number of pyridine rings is 1. The van der Waals surface area contributed by atoms with Gasteiger partial charge >= 0.3 is 0 Å². The second-order valence-corrected chi connectivity index (χ2v) is 3.66. The molecule has 1 aromatic heterocycles. The second-order valence-electron chi connectivity index (χ2n) is 3.66. The number of aliphatic hydroxyl groups excluding tert-OH is 1. The average molecular weight is 261 g/mol. The lowest BCUT2D eigenvalue weighted by Crippen LogP contribution is -2.09. The largest absolute Gasteiger partial charge is 0.492 e. The summed E-state index contributed by atoms with van der Waals surface area (Å²) in [4.78, 5) is 3.93. The number of aromatic nitrogens is 1. The van der Waals surface area contributed by atoms with Gasteiger partial charge in [0, 0.05) is 24.8 Å². The van der Waals surface area contributed by atoms with Crippen molar-refractivity contribution in [1.82, 2.24) is 4.98 Å². The first-order chi connectivity index (χ1) is 8.63. The smallest absolute Gasteiger partial charge is 0.261 e. The second kappa shape index (κ2) is 7.94. The van der Waals surface area contributed by atoms with Crippen LogP contribution in [-0.2, 0) is 4.74 Å². The third-order valence-electron chi connectivity index (χ3n) is 2.21. The molecule has 0 saturated carbocycles. The van der Waals surface area contributed by atoms with E-state index in [1.807, 2.05) is 6.92 Å². The first-order valence-electron chi connectivity index (χ1n) is 5.75. The van der Waals surface area contributed by atoms with E-state index in [0.717, 1.165) is 0 Å². The SMILES string of the molecule is CCOc1cncc(C(O)CCOCC(F)F)c1. The van der Waals surface area contributed by atoms with Gasteiger partial charge in [-0.1, -0.05) is 0 Å². The van der Waals surface area contributed by atoms with Crippen LogP contribution in [-0.4, -0.2) is 36.3 Å². The molecule has 0 aliphatic carbocycles. The Kier molecular flexibility index (Phi) is 6.53. The summed E-state index contributed by atoms with van der Waals surface area (Å²) in [5.41, 5.74) is 0.585. The molecule has 0 spiro atoms. The Morgan fingerprint density at radius 1 is 1.39 bits per heavy atom. The lowest BCUT2D eigenvalue weighted by atomic mass is 10.1. The molecule has 1 rings (SSSR count). The van der Waals surface area contributed by atoms with Crippen molar-refractivity contribution >= 4 is 0 Å². The number of alkyl halides is 2. The first kappa shape index (κ1) is 14.8. The highest BCUT2D eigenvalue weighted by Crippen LogP contribution is 2.20. The summed E-state index contributed by atoms with van der Waals surface area (Å²) in [6, 6.07) is 1.67. The monoisotopic (exact) mass is 261 g/mol. The van der Waals surface area contributed by atoms with Crippen LogP contribution in [0.5, 0.6) is 5.75 Å². The Morgan fingerprint density at radius 2 is 2.17 bits per heavy atom. The molecule has 0 saturated heterocycles. The van der Waals surface area contributed by atoms with E-state index in [0.29, 0.717) is 17.9 Å². The minimum absolute atomic E-state index is 0.0738. The minimum Gasteiger partial charge on any atom is -0.492 e. The first-order valence-corrected chi connectivity index (χ1v) is 5.75. The fourth-order valence-electron chi connectivity index (χ4n) is 1.40. The predicted molar refractivity (Wildman–Crippen MR) is 61.8 cm³/mol. The molecule has 102 valence electrons. The number of hydrogen-bond acceptors (Lipinski definition) is 4. The van der Waals surface area contributed by atoms with Crippen molar-refractivity contribution in [3.8, 4) is 5.75 Å². The molecular formula is C12H17F2NO3. The number of rotatable bonds is 8. The van der Waals surface area contributed by atoms with Crippen molar-refractivity contribution in [2.24, 2.45) is 0 Å². The highest BCUT2D eigenvalue weighted by molar-refractivity contribution is 5.25. The van der Waals surface area contributed by atoms with Crippen LogP contribution in [0.3, 0.4) is 0 Å². The van der Waals surface area contributed by atoms with Crippen LogP contribution in [0, 0.1) is 0 Å². The highest BCUT2D eigenvalue weighted by atomic mass is 19.3. The van der Waals surface area contributed by atoms with E-state index in [4.69, 9.17) is 9.47 Å². The summed E-state index contributed by atoms with van der Waals surface area (Å²) in [5, 5.41) is 9.82. The quantitative estimate of drug-likeness (QED) is 0.729. The molecule has 0 radical (unpaired) electrons. The number of hydrogen-bond donors (Lipinski definition) is 1. The Bertz CT molecular complexity index is 350. The van der Waals surface area contributed by atoms with Gasteiger partial charge in [0.15, 0.2) is 0 Å². The maximum atomic E-state index is 11.8. The standard InChI is InChI=1S/C12H17F2NO3/c1-2-18-10-5-9(6-15-7-10)11(16)3-4-17-8-12(13)14/h5-7,11-12,16H,2-4,8H2,1H3. The molecular weight excluding hydrogens is 244 g/mol. The summed E-state index contributed by atoms with van der Waals surface area (Å²) >= 11 is 0. The summed E-state index contributed by atoms with van der Waals surface area (Å²) < 4.78 is 33.6. The zero-order valence-corrected chi connectivity index (χ0v) is 10.2. The third-order valence-corrected chi connectivity index (χ3v) is 2.21. The van der Waals surface area contributed by atoms with Crippen LogP contribution in [0.15, 0.2) is 18.5 Å². The molecule has 0 bridgehead atoms. The van der Waals surface area contributed by atoms with Crippen molar-refractivity contribution in [2.75, 3.05) is 19.8 Å². The number of aliphatic hydroxyl groups is 1. The van der Waals surface area contributed by atoms with Gasteiger partial charge in [-0.25, -0.2) is 8.78 Å². The summed E-state index contributed by atoms with van der Waals surface area (Å²) in [6.07, 6.45) is 0.0257. The van der Waals surface area contributed by atoms with Crippen LogP contribution < -0.4 is 4.74 Å². The van der Waals surface area contributed by atoms with Crippen LogP contribution in [0.4, 0.5) is 8.78 Å². The van der Waals surface area contributed by atoms with Gasteiger partial charge in [-0.3, -0.25) is 4.98 Å². The molecule has 4 nitrogen and oxygen atoms in total. The molecule has 1 atom stereocenters. The van der Waals surface area contributed by atoms with Crippen molar-refractivity contribution in [3.63, 3.8) is 0 Å². The molecule has 0 amide bonds. The molecule has 18 heavy (non-hydrogen) atoms. The van der Waals surface area contributed by atoms with E-state index in [-0.39, 0.29) is 13.0 Å². The van der Waals surface area contributed by atoms with E-state index < -0.39 is 19.1 Å². The molecule has 0 aliphatic rings. The summed E-state index contributed by atoms with van der Waals surface area (Å²) in [5.74, 6) is 0.572. The van der Waals surface area contributed by atoms with E-state index in [9.17, 15) is 13.9 Å². The van der Waals surface area contributed by atoms with Gasteiger partial charge in [-0.2, -0.15) is 0 Å². The Hall–Kier alpha value is -1.27. The molecule has 0 aromatic carbocycles. The Balaban J connectivity index is 2.40. The van der Waals surface area contributed by atoms with Crippen LogP contribution >= 0.6 is 0 Å². The van der Waals surface area contributed by atoms with Crippen molar-refractivity contribution < 1.29 is 23.4 Å². The number of ether oxygens (including phenoxy) is 2. The van der Waals surface area contributed by atoms with Gasteiger partial charge in [-0.15, -0.1) is 0 Å². The van der Waals surface area contributed by atoms with Crippen molar-refractivity contribution in [1.29, 1.82) is 0 Å². The van der Waals surface area contributed by atoms with Gasteiger partial charge in [0.1, 0.15) is 12.4 Å². The zero-order valence-electron chi connectivity index (χ0n) is 10.2. The average Bonchev–Trinajstić information content (AvgIpc) is 2.35. The van der Waals surface area contributed by atoms with Gasteiger partial charge < -0.3 is 14.6 Å². The molecule has 1 unspecified atom stereocenters. The van der Waals surface area contributed by atoms with E-state index in [1.165, 1.54) is 6.20 Å². The fourth-order valence-corrected chi connectivity index (χ4v) is 1.40. The third kappa shape index (κ3) is 5.37. The molecule has 0 fully saturated rings. The van der Waals surface area contributed by atoms with Crippen molar-refractivity contribution in [2.45, 2.75) is 25.9 Å². The normalized spacial score (nSPS) is 12.7. The topological polar surface area (TPSA) is 51.6 Å². The maximum absolute atomic E-state index is 11.8. The lowest BCUT2D eigenvalue weighted by Gasteiger charge is -2.12. The molecule has 1 N–H and O–H groups in total. The molecule has 6 heteroatoms. The minimum atomic E-state index is -2.48. The van der Waals surface area contributed by atoms with Crippen LogP contribution in [0.25, 0.3) is 0 Å². The van der Waals surface area contributed by atoms with Gasteiger partial charge in [-0.05, 0) is 13.0 Å². The summed E-state index contributed by atoms with van der Waals surface area (Å²) in [7, 11) is 0. The zero-order chi connectivity index (χ0) is 13.4. The number of nitrogens with zero attached hydrogens (tertiary/aromatic N) is 1.